The highest BCUT2D eigenvalue weighted by atomic mass is 127. The lowest BCUT2D eigenvalue weighted by molar-refractivity contribution is 0.915. The molecule has 1 heteroatoms. The number of rotatable bonds is 0. The number of hydrogen-bond acceptors (Lipinski definition) is 0. The average Bonchev–Trinajstić information content (AvgIpc) is 2.34. The summed E-state index contributed by atoms with van der Waals surface area (Å²) in [6.45, 7) is 0. The molecule has 0 spiro atoms. The van der Waals surface area contributed by atoms with E-state index in [0.717, 1.165) is 3.92 Å². The third kappa shape index (κ3) is 1.04. The van der Waals surface area contributed by atoms with E-state index in [-0.39, 0.29) is 0 Å². The molecule has 0 aromatic heterocycles. The maximum atomic E-state index is 2.57. The molecule has 0 fully saturated rings. The molecule has 1 atom stereocenters. The van der Waals surface area contributed by atoms with Crippen LogP contribution in [0.2, 0.25) is 0 Å². The van der Waals surface area contributed by atoms with Gasteiger partial charge in [-0.05, 0) is 25.7 Å². The monoisotopic (exact) mass is 246 g/mol. The van der Waals surface area contributed by atoms with Gasteiger partial charge in [-0.25, -0.2) is 0 Å². The van der Waals surface area contributed by atoms with Crippen LogP contribution in [0.3, 0.4) is 0 Å². The first-order chi connectivity index (χ1) is 4.88. The van der Waals surface area contributed by atoms with Gasteiger partial charge < -0.3 is 0 Å². The fourth-order valence-corrected chi connectivity index (χ4v) is 2.80. The Morgan fingerprint density at radius 3 is 2.90 bits per heavy atom. The SMILES string of the molecule is IC1CCC2=C1CC=CC2. The van der Waals surface area contributed by atoms with Gasteiger partial charge in [-0.1, -0.05) is 45.9 Å². The standard InChI is InChI=1S/C9H11I/c10-9-6-5-7-3-1-2-4-8(7)9/h1-2,9H,3-6H2. The van der Waals surface area contributed by atoms with Gasteiger partial charge in [0, 0.05) is 3.92 Å². The van der Waals surface area contributed by atoms with Crippen molar-refractivity contribution in [1.82, 2.24) is 0 Å². The van der Waals surface area contributed by atoms with Crippen LogP contribution in [0.1, 0.15) is 25.7 Å². The summed E-state index contributed by atoms with van der Waals surface area (Å²) in [6.07, 6.45) is 9.88. The lowest BCUT2D eigenvalue weighted by atomic mass is 10.0. The van der Waals surface area contributed by atoms with Crippen LogP contribution >= 0.6 is 22.6 Å². The maximum Gasteiger partial charge on any atom is 0.0327 e. The largest absolute Gasteiger partial charge is 0.0841 e. The molecule has 0 aromatic carbocycles. The summed E-state index contributed by atoms with van der Waals surface area (Å²) in [4.78, 5) is 0. The predicted octanol–water partition coefficient (Wildman–Crippen LogP) is 3.23. The molecule has 0 aromatic rings. The third-order valence-corrected chi connectivity index (χ3v) is 3.78. The minimum absolute atomic E-state index is 0.859. The Hall–Kier alpha value is 0.210. The minimum atomic E-state index is 0.859. The Morgan fingerprint density at radius 1 is 1.30 bits per heavy atom. The molecule has 2 aliphatic carbocycles. The van der Waals surface area contributed by atoms with Crippen LogP contribution in [0.4, 0.5) is 0 Å². The van der Waals surface area contributed by atoms with Crippen molar-refractivity contribution in [2.24, 2.45) is 0 Å². The second-order valence-corrected chi connectivity index (χ2v) is 4.52. The first-order valence-corrected chi connectivity index (χ1v) is 5.12. The zero-order chi connectivity index (χ0) is 6.97. The average molecular weight is 246 g/mol. The molecule has 2 aliphatic rings. The number of alkyl halides is 1. The molecule has 0 aliphatic heterocycles. The summed E-state index contributed by atoms with van der Waals surface area (Å²) in [5.74, 6) is 0. The van der Waals surface area contributed by atoms with E-state index in [1.165, 1.54) is 25.7 Å². The molecular formula is C9H11I. The Kier molecular flexibility index (Phi) is 1.85. The molecule has 54 valence electrons. The van der Waals surface area contributed by atoms with E-state index in [2.05, 4.69) is 34.7 Å². The highest BCUT2D eigenvalue weighted by Crippen LogP contribution is 2.38. The zero-order valence-electron chi connectivity index (χ0n) is 5.94. The number of hydrogen-bond donors (Lipinski definition) is 0. The Morgan fingerprint density at radius 2 is 2.10 bits per heavy atom. The fraction of sp³-hybridized carbons (Fsp3) is 0.556. The lowest BCUT2D eigenvalue weighted by Gasteiger charge is -2.10. The topological polar surface area (TPSA) is 0 Å². The predicted molar refractivity (Wildman–Crippen MR) is 52.4 cm³/mol. The Labute approximate surface area is 75.5 Å². The van der Waals surface area contributed by atoms with Crippen LogP contribution in [0.15, 0.2) is 23.3 Å². The summed E-state index contributed by atoms with van der Waals surface area (Å²) < 4.78 is 0.859. The van der Waals surface area contributed by atoms with Crippen LogP contribution < -0.4 is 0 Å². The molecule has 0 N–H and O–H groups in total. The second kappa shape index (κ2) is 2.68. The highest BCUT2D eigenvalue weighted by Gasteiger charge is 2.22. The molecule has 10 heavy (non-hydrogen) atoms. The van der Waals surface area contributed by atoms with Gasteiger partial charge in [-0.3, -0.25) is 0 Å². The van der Waals surface area contributed by atoms with Gasteiger partial charge in [-0.15, -0.1) is 0 Å². The summed E-state index contributed by atoms with van der Waals surface area (Å²) in [5, 5.41) is 0. The van der Waals surface area contributed by atoms with E-state index in [0.29, 0.717) is 0 Å². The first-order valence-electron chi connectivity index (χ1n) is 3.88. The molecule has 1 unspecified atom stereocenters. The minimum Gasteiger partial charge on any atom is -0.0841 e. The Bertz CT molecular complexity index is 201. The van der Waals surface area contributed by atoms with Crippen molar-refractivity contribution in [3.63, 3.8) is 0 Å². The van der Waals surface area contributed by atoms with Crippen molar-refractivity contribution < 1.29 is 0 Å². The van der Waals surface area contributed by atoms with Crippen LogP contribution in [-0.4, -0.2) is 3.92 Å². The van der Waals surface area contributed by atoms with Crippen molar-refractivity contribution >= 4 is 22.6 Å². The van der Waals surface area contributed by atoms with Gasteiger partial charge in [0.25, 0.3) is 0 Å². The quantitative estimate of drug-likeness (QED) is 0.349. The molecular weight excluding hydrogens is 235 g/mol. The van der Waals surface area contributed by atoms with Gasteiger partial charge in [0.05, 0.1) is 0 Å². The molecule has 0 saturated heterocycles. The van der Waals surface area contributed by atoms with Crippen molar-refractivity contribution in [2.75, 3.05) is 0 Å². The molecule has 0 heterocycles. The molecule has 0 nitrogen and oxygen atoms in total. The lowest BCUT2D eigenvalue weighted by Crippen LogP contribution is -1.96. The second-order valence-electron chi connectivity index (χ2n) is 3.01. The van der Waals surface area contributed by atoms with Gasteiger partial charge >= 0.3 is 0 Å². The van der Waals surface area contributed by atoms with Gasteiger partial charge in [0.15, 0.2) is 0 Å². The van der Waals surface area contributed by atoms with Crippen LogP contribution in [0.25, 0.3) is 0 Å². The normalized spacial score (nSPS) is 31.1. The smallest absolute Gasteiger partial charge is 0.0327 e. The van der Waals surface area contributed by atoms with Crippen molar-refractivity contribution in [1.29, 1.82) is 0 Å². The van der Waals surface area contributed by atoms with E-state index in [1.54, 1.807) is 11.1 Å². The molecule has 0 radical (unpaired) electrons. The van der Waals surface area contributed by atoms with Crippen LogP contribution in [0, 0.1) is 0 Å². The maximum absolute atomic E-state index is 2.57. The van der Waals surface area contributed by atoms with Crippen molar-refractivity contribution in [3.05, 3.63) is 23.3 Å². The summed E-state index contributed by atoms with van der Waals surface area (Å²) in [7, 11) is 0. The van der Waals surface area contributed by atoms with Crippen LogP contribution in [0.5, 0.6) is 0 Å². The van der Waals surface area contributed by atoms with Gasteiger partial charge in [0.1, 0.15) is 0 Å². The van der Waals surface area contributed by atoms with Crippen molar-refractivity contribution in [3.8, 4) is 0 Å². The third-order valence-electron chi connectivity index (χ3n) is 2.40. The molecule has 0 bridgehead atoms. The fourth-order valence-electron chi connectivity index (χ4n) is 1.80. The zero-order valence-corrected chi connectivity index (χ0v) is 8.10. The highest BCUT2D eigenvalue weighted by molar-refractivity contribution is 14.1. The first kappa shape index (κ1) is 6.89. The van der Waals surface area contributed by atoms with E-state index in [9.17, 15) is 0 Å². The van der Waals surface area contributed by atoms with Crippen LogP contribution in [-0.2, 0) is 0 Å². The number of halogens is 1. The van der Waals surface area contributed by atoms with Gasteiger partial charge in [-0.2, -0.15) is 0 Å². The Balaban J connectivity index is 2.23. The van der Waals surface area contributed by atoms with Gasteiger partial charge in [0.2, 0.25) is 0 Å². The van der Waals surface area contributed by atoms with E-state index < -0.39 is 0 Å². The van der Waals surface area contributed by atoms with E-state index in [4.69, 9.17) is 0 Å². The molecule has 0 amide bonds. The summed E-state index contributed by atoms with van der Waals surface area (Å²) in [5.41, 5.74) is 3.48. The molecule has 2 rings (SSSR count). The molecule has 0 saturated carbocycles. The van der Waals surface area contributed by atoms with E-state index >= 15 is 0 Å². The number of allylic oxidation sites excluding steroid dienone is 4. The van der Waals surface area contributed by atoms with Crippen molar-refractivity contribution in [2.45, 2.75) is 29.6 Å². The summed E-state index contributed by atoms with van der Waals surface area (Å²) >= 11 is 2.57. The van der Waals surface area contributed by atoms with E-state index in [1.807, 2.05) is 0 Å². The summed E-state index contributed by atoms with van der Waals surface area (Å²) in [6, 6.07) is 0.